The zero-order valence-corrected chi connectivity index (χ0v) is 16.1. The summed E-state index contributed by atoms with van der Waals surface area (Å²) in [6, 6.07) is 13.1. The SMILES string of the molecule is O=C(COC(=O)CSc1ccc(Br)cc1)NCc1ccc2c(c1)OCO2. The lowest BCUT2D eigenvalue weighted by Gasteiger charge is -2.07. The first-order valence-electron chi connectivity index (χ1n) is 7.79. The Bertz CT molecular complexity index is 797. The van der Waals surface area contributed by atoms with Crippen LogP contribution >= 0.6 is 27.7 Å². The molecule has 1 aliphatic heterocycles. The fourth-order valence-corrected chi connectivity index (χ4v) is 3.12. The molecule has 1 N–H and O–H groups in total. The average Bonchev–Trinajstić information content (AvgIpc) is 3.12. The van der Waals surface area contributed by atoms with Gasteiger partial charge in [-0.2, -0.15) is 0 Å². The molecule has 8 heteroatoms. The zero-order chi connectivity index (χ0) is 18.4. The molecule has 0 radical (unpaired) electrons. The van der Waals surface area contributed by atoms with Gasteiger partial charge in [-0.1, -0.05) is 22.0 Å². The molecule has 3 rings (SSSR count). The Labute approximate surface area is 163 Å². The van der Waals surface area contributed by atoms with Crippen LogP contribution in [0.5, 0.6) is 11.5 Å². The molecule has 2 aromatic rings. The highest BCUT2D eigenvalue weighted by Crippen LogP contribution is 2.32. The van der Waals surface area contributed by atoms with E-state index in [1.165, 1.54) is 11.8 Å². The summed E-state index contributed by atoms with van der Waals surface area (Å²) in [6.45, 7) is 0.227. The van der Waals surface area contributed by atoms with Gasteiger partial charge in [0.1, 0.15) is 0 Å². The normalized spacial score (nSPS) is 11.9. The molecule has 0 atom stereocenters. The van der Waals surface area contributed by atoms with Crippen molar-refractivity contribution in [2.75, 3.05) is 19.2 Å². The van der Waals surface area contributed by atoms with Gasteiger partial charge in [0, 0.05) is 15.9 Å². The van der Waals surface area contributed by atoms with Gasteiger partial charge in [-0.05, 0) is 42.0 Å². The molecule has 136 valence electrons. The van der Waals surface area contributed by atoms with Crippen molar-refractivity contribution < 1.29 is 23.8 Å². The first-order valence-corrected chi connectivity index (χ1v) is 9.57. The van der Waals surface area contributed by atoms with E-state index >= 15 is 0 Å². The van der Waals surface area contributed by atoms with Crippen molar-refractivity contribution in [2.24, 2.45) is 0 Å². The van der Waals surface area contributed by atoms with Crippen LogP contribution in [0.4, 0.5) is 0 Å². The first-order chi connectivity index (χ1) is 12.6. The van der Waals surface area contributed by atoms with E-state index in [1.54, 1.807) is 6.07 Å². The first kappa shape index (κ1) is 18.6. The van der Waals surface area contributed by atoms with Crippen LogP contribution in [0.2, 0.25) is 0 Å². The lowest BCUT2D eigenvalue weighted by atomic mass is 10.2. The highest BCUT2D eigenvalue weighted by molar-refractivity contribution is 9.10. The van der Waals surface area contributed by atoms with Crippen LogP contribution in [0, 0.1) is 0 Å². The van der Waals surface area contributed by atoms with Crippen LogP contribution in [0.25, 0.3) is 0 Å². The molecule has 26 heavy (non-hydrogen) atoms. The van der Waals surface area contributed by atoms with E-state index in [2.05, 4.69) is 21.2 Å². The fraction of sp³-hybridized carbons (Fsp3) is 0.222. The Morgan fingerprint density at radius 2 is 1.88 bits per heavy atom. The minimum atomic E-state index is -0.434. The maximum absolute atomic E-state index is 11.8. The number of halogens is 1. The van der Waals surface area contributed by atoms with Crippen LogP contribution in [-0.2, 0) is 20.9 Å². The summed E-state index contributed by atoms with van der Waals surface area (Å²) in [7, 11) is 0. The van der Waals surface area contributed by atoms with Crippen molar-refractivity contribution in [2.45, 2.75) is 11.4 Å². The van der Waals surface area contributed by atoms with Gasteiger partial charge in [0.15, 0.2) is 18.1 Å². The second-order valence-corrected chi connectivity index (χ2v) is 7.33. The smallest absolute Gasteiger partial charge is 0.316 e. The third kappa shape index (κ3) is 5.40. The zero-order valence-electron chi connectivity index (χ0n) is 13.7. The largest absolute Gasteiger partial charge is 0.455 e. The summed E-state index contributed by atoms with van der Waals surface area (Å²) in [4.78, 5) is 24.5. The van der Waals surface area contributed by atoms with Crippen molar-refractivity contribution >= 4 is 39.6 Å². The Morgan fingerprint density at radius 1 is 1.12 bits per heavy atom. The number of carbonyl (C=O) groups excluding carboxylic acids is 2. The van der Waals surface area contributed by atoms with Crippen molar-refractivity contribution in [3.63, 3.8) is 0 Å². The number of fused-ring (bicyclic) bond motifs is 1. The van der Waals surface area contributed by atoms with E-state index in [9.17, 15) is 9.59 Å². The minimum Gasteiger partial charge on any atom is -0.455 e. The standard InChI is InChI=1S/C18H16BrNO5S/c19-13-2-4-14(5-3-13)26-10-18(22)23-9-17(21)20-8-12-1-6-15-16(7-12)25-11-24-15/h1-7H,8-11H2,(H,20,21). The number of ether oxygens (including phenoxy) is 3. The fourth-order valence-electron chi connectivity index (χ4n) is 2.16. The van der Waals surface area contributed by atoms with Crippen LogP contribution in [0.3, 0.4) is 0 Å². The maximum atomic E-state index is 11.8. The molecule has 6 nitrogen and oxygen atoms in total. The number of nitrogens with one attached hydrogen (secondary N) is 1. The summed E-state index contributed by atoms with van der Waals surface area (Å²) in [5.74, 6) is 0.711. The van der Waals surface area contributed by atoms with Gasteiger partial charge in [-0.25, -0.2) is 0 Å². The van der Waals surface area contributed by atoms with Crippen LogP contribution in [0.1, 0.15) is 5.56 Å². The Kier molecular flexibility index (Phi) is 6.40. The van der Waals surface area contributed by atoms with Gasteiger partial charge in [0.25, 0.3) is 5.91 Å². The predicted octanol–water partition coefficient (Wildman–Crippen LogP) is 3.13. The number of hydrogen-bond donors (Lipinski definition) is 1. The molecule has 0 fully saturated rings. The van der Waals surface area contributed by atoms with Crippen molar-refractivity contribution in [3.05, 3.63) is 52.5 Å². The number of esters is 1. The molecule has 1 amide bonds. The summed E-state index contributed by atoms with van der Waals surface area (Å²) < 4.78 is 16.5. The number of hydrogen-bond acceptors (Lipinski definition) is 6. The van der Waals surface area contributed by atoms with Crippen LogP contribution in [0.15, 0.2) is 51.8 Å². The van der Waals surface area contributed by atoms with Gasteiger partial charge in [-0.3, -0.25) is 9.59 Å². The molecule has 0 bridgehead atoms. The van der Waals surface area contributed by atoms with E-state index < -0.39 is 5.97 Å². The van der Waals surface area contributed by atoms with Gasteiger partial charge in [0.2, 0.25) is 6.79 Å². The Morgan fingerprint density at radius 3 is 2.69 bits per heavy atom. The quantitative estimate of drug-likeness (QED) is 0.529. The summed E-state index contributed by atoms with van der Waals surface area (Å²) in [6.07, 6.45) is 0. The highest BCUT2D eigenvalue weighted by atomic mass is 79.9. The highest BCUT2D eigenvalue weighted by Gasteiger charge is 2.14. The molecule has 0 saturated heterocycles. The molecule has 2 aromatic carbocycles. The lowest BCUT2D eigenvalue weighted by molar-refractivity contribution is -0.145. The van der Waals surface area contributed by atoms with Crippen LogP contribution in [-0.4, -0.2) is 31.0 Å². The van der Waals surface area contributed by atoms with Gasteiger partial charge in [-0.15, -0.1) is 11.8 Å². The second kappa shape index (κ2) is 8.95. The minimum absolute atomic E-state index is 0.150. The van der Waals surface area contributed by atoms with E-state index in [0.29, 0.717) is 18.0 Å². The second-order valence-electron chi connectivity index (χ2n) is 5.37. The third-order valence-electron chi connectivity index (χ3n) is 3.46. The van der Waals surface area contributed by atoms with Crippen molar-refractivity contribution in [1.29, 1.82) is 0 Å². The van der Waals surface area contributed by atoms with E-state index in [1.807, 2.05) is 36.4 Å². The molecule has 1 heterocycles. The third-order valence-corrected chi connectivity index (χ3v) is 4.98. The molecule has 0 aromatic heterocycles. The molecule has 0 aliphatic carbocycles. The van der Waals surface area contributed by atoms with Gasteiger partial charge >= 0.3 is 5.97 Å². The summed E-state index contributed by atoms with van der Waals surface area (Å²) in [5, 5.41) is 2.70. The number of carbonyl (C=O) groups is 2. The van der Waals surface area contributed by atoms with Crippen molar-refractivity contribution in [3.8, 4) is 11.5 Å². The molecule has 0 spiro atoms. The Balaban J connectivity index is 1.35. The number of thioether (sulfide) groups is 1. The summed E-state index contributed by atoms with van der Waals surface area (Å²) in [5.41, 5.74) is 0.875. The van der Waals surface area contributed by atoms with E-state index in [0.717, 1.165) is 14.9 Å². The number of rotatable bonds is 7. The van der Waals surface area contributed by atoms with Crippen molar-refractivity contribution in [1.82, 2.24) is 5.32 Å². The van der Waals surface area contributed by atoms with E-state index in [-0.39, 0.29) is 25.1 Å². The van der Waals surface area contributed by atoms with Gasteiger partial charge < -0.3 is 19.5 Å². The topological polar surface area (TPSA) is 73.9 Å². The molecule has 0 unspecified atom stereocenters. The van der Waals surface area contributed by atoms with Crippen LogP contribution < -0.4 is 14.8 Å². The monoisotopic (exact) mass is 437 g/mol. The molecule has 0 saturated carbocycles. The summed E-state index contributed by atoms with van der Waals surface area (Å²) >= 11 is 4.71. The molecule has 1 aliphatic rings. The number of amides is 1. The van der Waals surface area contributed by atoms with Gasteiger partial charge in [0.05, 0.1) is 5.75 Å². The molecular weight excluding hydrogens is 422 g/mol. The Hall–Kier alpha value is -2.19. The van der Waals surface area contributed by atoms with E-state index in [4.69, 9.17) is 14.2 Å². The number of benzene rings is 2. The maximum Gasteiger partial charge on any atom is 0.316 e. The molecular formula is C18H16BrNO5S. The average molecular weight is 438 g/mol. The predicted molar refractivity (Wildman–Crippen MR) is 100 cm³/mol. The lowest BCUT2D eigenvalue weighted by Crippen LogP contribution is -2.28.